The molecule has 3 rings (SSSR count). The van der Waals surface area contributed by atoms with Crippen LogP contribution < -0.4 is 0 Å². The van der Waals surface area contributed by atoms with Gasteiger partial charge in [-0.1, -0.05) is 0 Å². The van der Waals surface area contributed by atoms with Crippen molar-refractivity contribution in [2.24, 2.45) is 11.8 Å². The highest BCUT2D eigenvalue weighted by atomic mass is 32.2. The van der Waals surface area contributed by atoms with Gasteiger partial charge in [-0.25, -0.2) is 12.7 Å². The van der Waals surface area contributed by atoms with E-state index in [9.17, 15) is 13.2 Å². The van der Waals surface area contributed by atoms with Crippen molar-refractivity contribution in [3.63, 3.8) is 0 Å². The summed E-state index contributed by atoms with van der Waals surface area (Å²) in [7, 11) is -3.06. The summed E-state index contributed by atoms with van der Waals surface area (Å²) < 4.78 is 30.2. The Kier molecular flexibility index (Phi) is 6.35. The molecule has 144 valence electrons. The molecule has 3 aliphatic rings. The van der Waals surface area contributed by atoms with Crippen LogP contribution in [0.2, 0.25) is 0 Å². The number of rotatable bonds is 5. The van der Waals surface area contributed by atoms with Gasteiger partial charge in [0.2, 0.25) is 15.9 Å². The second-order valence-corrected chi connectivity index (χ2v) is 9.57. The summed E-state index contributed by atoms with van der Waals surface area (Å²) in [5.41, 5.74) is 0. The van der Waals surface area contributed by atoms with Crippen LogP contribution in [0.4, 0.5) is 0 Å². The van der Waals surface area contributed by atoms with E-state index in [1.54, 1.807) is 4.31 Å². The minimum atomic E-state index is -3.06. The Labute approximate surface area is 151 Å². The molecule has 0 spiro atoms. The molecule has 0 aromatic heterocycles. The highest BCUT2D eigenvalue weighted by molar-refractivity contribution is 7.88. The summed E-state index contributed by atoms with van der Waals surface area (Å²) >= 11 is 0. The maximum Gasteiger partial charge on any atom is 0.223 e. The van der Waals surface area contributed by atoms with Crippen LogP contribution in [0.5, 0.6) is 0 Å². The molecule has 1 atom stereocenters. The fourth-order valence-electron chi connectivity index (χ4n) is 4.31. The standard InChI is InChI=1S/C17H31N3O4S/c1-25(22,23)20-8-3-15(4-9-20)16-2-7-19(14-16)17(21)5-6-18-10-12-24-13-11-18/h15-16H,2-14H2,1H3. The second-order valence-electron chi connectivity index (χ2n) is 7.59. The van der Waals surface area contributed by atoms with E-state index in [1.807, 2.05) is 4.90 Å². The topological polar surface area (TPSA) is 70.2 Å². The van der Waals surface area contributed by atoms with Gasteiger partial charge in [0.1, 0.15) is 0 Å². The molecule has 1 amide bonds. The largest absolute Gasteiger partial charge is 0.379 e. The number of morpholine rings is 1. The minimum Gasteiger partial charge on any atom is -0.379 e. The van der Waals surface area contributed by atoms with Gasteiger partial charge < -0.3 is 9.64 Å². The van der Waals surface area contributed by atoms with Crippen molar-refractivity contribution in [1.82, 2.24) is 14.1 Å². The van der Waals surface area contributed by atoms with Crippen LogP contribution in [0.3, 0.4) is 0 Å². The van der Waals surface area contributed by atoms with E-state index in [0.29, 0.717) is 31.3 Å². The lowest BCUT2D eigenvalue weighted by molar-refractivity contribution is -0.131. The maximum atomic E-state index is 12.5. The number of hydrogen-bond acceptors (Lipinski definition) is 5. The van der Waals surface area contributed by atoms with Crippen molar-refractivity contribution in [3.8, 4) is 0 Å². The van der Waals surface area contributed by atoms with Crippen molar-refractivity contribution >= 4 is 15.9 Å². The monoisotopic (exact) mass is 373 g/mol. The van der Waals surface area contributed by atoms with Crippen molar-refractivity contribution < 1.29 is 17.9 Å². The summed E-state index contributed by atoms with van der Waals surface area (Å²) in [4.78, 5) is 16.8. The lowest BCUT2D eigenvalue weighted by Crippen LogP contribution is -2.40. The Morgan fingerprint density at radius 1 is 1.00 bits per heavy atom. The zero-order valence-corrected chi connectivity index (χ0v) is 16.0. The first-order valence-corrected chi connectivity index (χ1v) is 11.3. The fourth-order valence-corrected chi connectivity index (χ4v) is 5.19. The number of carbonyl (C=O) groups is 1. The lowest BCUT2D eigenvalue weighted by Gasteiger charge is -2.33. The molecule has 3 saturated heterocycles. The van der Waals surface area contributed by atoms with E-state index < -0.39 is 10.0 Å². The van der Waals surface area contributed by atoms with Gasteiger partial charge in [-0.05, 0) is 31.1 Å². The molecule has 0 aliphatic carbocycles. The molecular weight excluding hydrogens is 342 g/mol. The summed E-state index contributed by atoms with van der Waals surface area (Å²) in [6, 6.07) is 0. The van der Waals surface area contributed by atoms with Gasteiger partial charge in [0.05, 0.1) is 19.5 Å². The van der Waals surface area contributed by atoms with Crippen molar-refractivity contribution in [3.05, 3.63) is 0 Å². The van der Waals surface area contributed by atoms with E-state index in [2.05, 4.69) is 4.90 Å². The predicted octanol–water partition coefficient (Wildman–Crippen LogP) is 0.229. The fraction of sp³-hybridized carbons (Fsp3) is 0.941. The molecule has 8 heteroatoms. The maximum absolute atomic E-state index is 12.5. The third kappa shape index (κ3) is 5.15. The Bertz CT molecular complexity index is 554. The number of piperidine rings is 1. The molecule has 0 aromatic rings. The normalized spacial score (nSPS) is 27.7. The number of sulfonamides is 1. The smallest absolute Gasteiger partial charge is 0.223 e. The molecule has 3 fully saturated rings. The zero-order chi connectivity index (χ0) is 17.9. The van der Waals surface area contributed by atoms with Crippen LogP contribution in [0.1, 0.15) is 25.7 Å². The molecule has 0 saturated carbocycles. The SMILES string of the molecule is CS(=O)(=O)N1CCC(C2CCN(C(=O)CCN3CCOCC3)C2)CC1. The van der Waals surface area contributed by atoms with E-state index >= 15 is 0 Å². The average Bonchev–Trinajstić information content (AvgIpc) is 3.10. The van der Waals surface area contributed by atoms with Crippen LogP contribution >= 0.6 is 0 Å². The van der Waals surface area contributed by atoms with E-state index in [4.69, 9.17) is 4.74 Å². The van der Waals surface area contributed by atoms with Gasteiger partial charge in [0.15, 0.2) is 0 Å². The summed E-state index contributed by atoms with van der Waals surface area (Å²) in [5.74, 6) is 1.35. The Balaban J connectivity index is 1.40. The van der Waals surface area contributed by atoms with Crippen LogP contribution in [-0.4, -0.2) is 93.7 Å². The number of hydrogen-bond donors (Lipinski definition) is 0. The van der Waals surface area contributed by atoms with Gasteiger partial charge in [-0.2, -0.15) is 0 Å². The Morgan fingerprint density at radius 3 is 2.28 bits per heavy atom. The number of carbonyl (C=O) groups excluding carboxylic acids is 1. The van der Waals surface area contributed by atoms with Gasteiger partial charge in [-0.15, -0.1) is 0 Å². The second kappa shape index (κ2) is 8.33. The summed E-state index contributed by atoms with van der Waals surface area (Å²) in [6.45, 7) is 7.19. The lowest BCUT2D eigenvalue weighted by atomic mass is 9.84. The number of amides is 1. The first kappa shape index (κ1) is 19.1. The third-order valence-electron chi connectivity index (χ3n) is 5.96. The van der Waals surface area contributed by atoms with E-state index in [-0.39, 0.29) is 5.91 Å². The quantitative estimate of drug-likeness (QED) is 0.690. The first-order chi connectivity index (χ1) is 11.9. The summed E-state index contributed by atoms with van der Waals surface area (Å²) in [5, 5.41) is 0. The molecule has 0 bridgehead atoms. The minimum absolute atomic E-state index is 0.266. The van der Waals surface area contributed by atoms with E-state index in [0.717, 1.165) is 65.2 Å². The molecule has 7 nitrogen and oxygen atoms in total. The third-order valence-corrected chi connectivity index (χ3v) is 7.26. The van der Waals surface area contributed by atoms with Crippen LogP contribution in [0.15, 0.2) is 0 Å². The molecular formula is C17H31N3O4S. The molecule has 3 aliphatic heterocycles. The van der Waals surface area contributed by atoms with E-state index in [1.165, 1.54) is 6.26 Å². The highest BCUT2D eigenvalue weighted by Crippen LogP contribution is 2.32. The first-order valence-electron chi connectivity index (χ1n) is 9.46. The Hall–Kier alpha value is -0.700. The predicted molar refractivity (Wildman–Crippen MR) is 95.7 cm³/mol. The van der Waals surface area contributed by atoms with Crippen LogP contribution in [0, 0.1) is 11.8 Å². The molecule has 0 N–H and O–H groups in total. The Morgan fingerprint density at radius 2 is 1.64 bits per heavy atom. The molecule has 3 heterocycles. The molecule has 1 unspecified atom stereocenters. The van der Waals surface area contributed by atoms with Gasteiger partial charge >= 0.3 is 0 Å². The number of nitrogens with zero attached hydrogens (tertiary/aromatic N) is 3. The van der Waals surface area contributed by atoms with Crippen LogP contribution in [0.25, 0.3) is 0 Å². The highest BCUT2D eigenvalue weighted by Gasteiger charge is 2.35. The average molecular weight is 374 g/mol. The molecule has 0 aromatic carbocycles. The van der Waals surface area contributed by atoms with Crippen molar-refractivity contribution in [2.45, 2.75) is 25.7 Å². The molecule has 0 radical (unpaired) electrons. The van der Waals surface area contributed by atoms with Gasteiger partial charge in [0, 0.05) is 52.2 Å². The van der Waals surface area contributed by atoms with Crippen molar-refractivity contribution in [1.29, 1.82) is 0 Å². The van der Waals surface area contributed by atoms with Gasteiger partial charge in [-0.3, -0.25) is 9.69 Å². The molecule has 25 heavy (non-hydrogen) atoms. The number of ether oxygens (including phenoxy) is 1. The van der Waals surface area contributed by atoms with Crippen LogP contribution in [-0.2, 0) is 19.6 Å². The zero-order valence-electron chi connectivity index (χ0n) is 15.2. The number of likely N-dealkylation sites (tertiary alicyclic amines) is 1. The summed E-state index contributed by atoms with van der Waals surface area (Å²) in [6.07, 6.45) is 4.80. The van der Waals surface area contributed by atoms with Crippen molar-refractivity contribution in [2.75, 3.05) is 65.3 Å². The van der Waals surface area contributed by atoms with Gasteiger partial charge in [0.25, 0.3) is 0 Å².